The topological polar surface area (TPSA) is 58.9 Å². The Bertz CT molecular complexity index is 347. The molecule has 0 bridgehead atoms. The largest absolute Gasteiger partial charge is 0.507 e. The van der Waals surface area contributed by atoms with Crippen LogP contribution >= 0.6 is 0 Å². The number of aromatic hydroxyl groups is 1. The number of carbonyl (C=O) groups excluding carboxylic acids is 1. The quantitative estimate of drug-likeness (QED) is 0.449. The highest BCUT2D eigenvalue weighted by Crippen LogP contribution is 2.16. The number of nitrogens with zero attached hydrogens (tertiary/aromatic N) is 1. The molecule has 1 rings (SSSR count). The zero-order valence-electron chi connectivity index (χ0n) is 7.80. The number of hydrogen-bond acceptors (Lipinski definition) is 4. The lowest BCUT2D eigenvalue weighted by atomic mass is 10.1. The molecule has 0 radical (unpaired) electrons. The summed E-state index contributed by atoms with van der Waals surface area (Å²) in [6.45, 7) is 0. The Hall–Kier alpha value is -1.84. The van der Waals surface area contributed by atoms with E-state index in [0.717, 1.165) is 0 Å². The van der Waals surface area contributed by atoms with E-state index in [-0.39, 0.29) is 18.0 Å². The molecule has 0 aliphatic rings. The van der Waals surface area contributed by atoms with Gasteiger partial charge in [0.1, 0.15) is 12.9 Å². The van der Waals surface area contributed by atoms with Crippen LogP contribution in [0.2, 0.25) is 0 Å². The predicted octanol–water partition coefficient (Wildman–Crippen LogP) is 1.60. The summed E-state index contributed by atoms with van der Waals surface area (Å²) in [6.07, 6.45) is 1.47. The number of phenols is 1. The van der Waals surface area contributed by atoms with Gasteiger partial charge in [0.15, 0.2) is 5.78 Å². The number of phenolic OH excluding ortho intramolecular Hbond substituents is 1. The Morgan fingerprint density at radius 1 is 1.57 bits per heavy atom. The average Bonchev–Trinajstić information content (AvgIpc) is 2.18. The molecular weight excluding hydrogens is 182 g/mol. The monoisotopic (exact) mass is 193 g/mol. The van der Waals surface area contributed by atoms with Crippen LogP contribution < -0.4 is 0 Å². The smallest absolute Gasteiger partial charge is 0.172 e. The second-order valence-electron chi connectivity index (χ2n) is 2.62. The first-order valence-electron chi connectivity index (χ1n) is 4.12. The van der Waals surface area contributed by atoms with Gasteiger partial charge in [0.25, 0.3) is 0 Å². The maximum atomic E-state index is 11.4. The van der Waals surface area contributed by atoms with E-state index in [0.29, 0.717) is 5.56 Å². The van der Waals surface area contributed by atoms with Crippen molar-refractivity contribution in [1.82, 2.24) is 0 Å². The van der Waals surface area contributed by atoms with Crippen LogP contribution in [0, 0.1) is 0 Å². The second kappa shape index (κ2) is 5.01. The van der Waals surface area contributed by atoms with Crippen LogP contribution in [0.4, 0.5) is 0 Å². The van der Waals surface area contributed by atoms with Gasteiger partial charge in [-0.25, -0.2) is 0 Å². The standard InChI is InChI=1S/C10H11NO3/c1-14-11-7-6-10(13)8-4-2-3-5-9(8)12/h2-5,7,12H,6H2,1H3. The van der Waals surface area contributed by atoms with Crippen molar-refractivity contribution in [3.8, 4) is 5.75 Å². The molecule has 14 heavy (non-hydrogen) atoms. The predicted molar refractivity (Wildman–Crippen MR) is 52.6 cm³/mol. The Morgan fingerprint density at radius 2 is 2.29 bits per heavy atom. The first-order valence-corrected chi connectivity index (χ1v) is 4.12. The molecular formula is C10H11NO3. The van der Waals surface area contributed by atoms with Gasteiger partial charge in [0.2, 0.25) is 0 Å². The van der Waals surface area contributed by atoms with Crippen molar-refractivity contribution >= 4 is 12.0 Å². The summed E-state index contributed by atoms with van der Waals surface area (Å²) >= 11 is 0. The lowest BCUT2D eigenvalue weighted by Crippen LogP contribution is -1.99. The number of oxime groups is 1. The van der Waals surface area contributed by atoms with Gasteiger partial charge in [-0.2, -0.15) is 0 Å². The van der Waals surface area contributed by atoms with E-state index >= 15 is 0 Å². The van der Waals surface area contributed by atoms with Gasteiger partial charge in [0, 0.05) is 6.42 Å². The number of para-hydroxylation sites is 1. The van der Waals surface area contributed by atoms with Gasteiger partial charge < -0.3 is 9.94 Å². The number of ketones is 1. The van der Waals surface area contributed by atoms with E-state index in [9.17, 15) is 9.90 Å². The van der Waals surface area contributed by atoms with Crippen molar-refractivity contribution in [1.29, 1.82) is 0 Å². The zero-order valence-corrected chi connectivity index (χ0v) is 7.80. The number of carbonyl (C=O) groups is 1. The minimum absolute atomic E-state index is 0.0108. The van der Waals surface area contributed by atoms with Crippen LogP contribution in [0.5, 0.6) is 5.75 Å². The minimum atomic E-state index is -0.191. The molecule has 74 valence electrons. The number of rotatable bonds is 4. The Balaban J connectivity index is 2.70. The maximum absolute atomic E-state index is 11.4. The molecule has 0 heterocycles. The summed E-state index contributed by atoms with van der Waals surface area (Å²) in [4.78, 5) is 15.8. The Morgan fingerprint density at radius 3 is 2.93 bits per heavy atom. The third-order valence-corrected chi connectivity index (χ3v) is 1.66. The van der Waals surface area contributed by atoms with Crippen molar-refractivity contribution in [3.63, 3.8) is 0 Å². The van der Waals surface area contributed by atoms with E-state index in [1.807, 2.05) is 0 Å². The van der Waals surface area contributed by atoms with Gasteiger partial charge in [-0.3, -0.25) is 4.79 Å². The molecule has 4 heteroatoms. The molecule has 0 saturated heterocycles. The van der Waals surface area contributed by atoms with Crippen molar-refractivity contribution in [2.75, 3.05) is 7.11 Å². The Kier molecular flexibility index (Phi) is 3.67. The number of Topliss-reactive ketones (excluding diaryl/α,β-unsaturated/α-hetero) is 1. The first kappa shape index (κ1) is 10.2. The first-order chi connectivity index (χ1) is 6.75. The van der Waals surface area contributed by atoms with Gasteiger partial charge in [-0.05, 0) is 12.1 Å². The molecule has 1 aromatic carbocycles. The average molecular weight is 193 g/mol. The highest BCUT2D eigenvalue weighted by atomic mass is 16.6. The third-order valence-electron chi connectivity index (χ3n) is 1.66. The number of hydrogen-bond donors (Lipinski definition) is 1. The summed E-state index contributed by atoms with van der Waals surface area (Å²) < 4.78 is 0. The molecule has 1 N–H and O–H groups in total. The fourth-order valence-electron chi connectivity index (χ4n) is 1.01. The molecule has 4 nitrogen and oxygen atoms in total. The van der Waals surface area contributed by atoms with E-state index < -0.39 is 0 Å². The molecule has 0 aliphatic heterocycles. The van der Waals surface area contributed by atoms with E-state index in [2.05, 4.69) is 9.99 Å². The van der Waals surface area contributed by atoms with Crippen molar-refractivity contribution < 1.29 is 14.7 Å². The molecule has 1 aromatic rings. The van der Waals surface area contributed by atoms with Crippen LogP contribution in [0.1, 0.15) is 16.8 Å². The molecule has 0 unspecified atom stereocenters. The van der Waals surface area contributed by atoms with E-state index in [4.69, 9.17) is 0 Å². The lowest BCUT2D eigenvalue weighted by molar-refractivity contribution is 0.0997. The summed E-state index contributed by atoms with van der Waals surface area (Å²) in [6, 6.07) is 6.40. The Labute approximate surface area is 81.8 Å². The zero-order chi connectivity index (χ0) is 10.4. The van der Waals surface area contributed by atoms with Crippen molar-refractivity contribution in [2.24, 2.45) is 5.16 Å². The van der Waals surface area contributed by atoms with Crippen LogP contribution in [0.25, 0.3) is 0 Å². The summed E-state index contributed by atoms with van der Waals surface area (Å²) in [5.74, 6) is -0.202. The molecule has 0 aliphatic carbocycles. The van der Waals surface area contributed by atoms with Crippen LogP contribution in [-0.4, -0.2) is 24.2 Å². The fraction of sp³-hybridized carbons (Fsp3) is 0.200. The fourth-order valence-corrected chi connectivity index (χ4v) is 1.01. The van der Waals surface area contributed by atoms with Gasteiger partial charge in [-0.1, -0.05) is 17.3 Å². The third kappa shape index (κ3) is 2.58. The molecule has 0 spiro atoms. The number of benzene rings is 1. The van der Waals surface area contributed by atoms with Crippen molar-refractivity contribution in [2.45, 2.75) is 6.42 Å². The lowest BCUT2D eigenvalue weighted by Gasteiger charge is -1.99. The molecule has 0 atom stereocenters. The maximum Gasteiger partial charge on any atom is 0.172 e. The van der Waals surface area contributed by atoms with Gasteiger partial charge >= 0.3 is 0 Å². The van der Waals surface area contributed by atoms with E-state index in [1.54, 1.807) is 18.2 Å². The second-order valence-corrected chi connectivity index (χ2v) is 2.62. The van der Waals surface area contributed by atoms with Crippen LogP contribution in [0.3, 0.4) is 0 Å². The van der Waals surface area contributed by atoms with Gasteiger partial charge in [0.05, 0.1) is 11.8 Å². The molecule has 0 saturated carbocycles. The van der Waals surface area contributed by atoms with Gasteiger partial charge in [-0.15, -0.1) is 0 Å². The highest BCUT2D eigenvalue weighted by Gasteiger charge is 2.08. The van der Waals surface area contributed by atoms with Crippen LogP contribution in [0.15, 0.2) is 29.4 Å². The van der Waals surface area contributed by atoms with E-state index in [1.165, 1.54) is 19.4 Å². The SMILES string of the molecule is CON=CCC(=O)c1ccccc1O. The summed E-state index contributed by atoms with van der Waals surface area (Å²) in [5, 5.41) is 12.8. The van der Waals surface area contributed by atoms with Crippen molar-refractivity contribution in [3.05, 3.63) is 29.8 Å². The van der Waals surface area contributed by atoms with Crippen LogP contribution in [-0.2, 0) is 4.84 Å². The molecule has 0 aromatic heterocycles. The summed E-state index contributed by atoms with van der Waals surface area (Å²) in [7, 11) is 1.40. The molecule has 0 amide bonds. The highest BCUT2D eigenvalue weighted by molar-refractivity contribution is 6.05. The molecule has 0 fully saturated rings. The normalized spacial score (nSPS) is 10.4. The summed E-state index contributed by atoms with van der Waals surface area (Å²) in [5.41, 5.74) is 0.301. The minimum Gasteiger partial charge on any atom is -0.507 e.